The molecule has 8 heteroatoms. The van der Waals surface area contributed by atoms with Crippen molar-refractivity contribution in [3.63, 3.8) is 0 Å². The first-order chi connectivity index (χ1) is 16.9. The van der Waals surface area contributed by atoms with Gasteiger partial charge in [0.1, 0.15) is 23.4 Å². The molecule has 2 N–H and O–H groups in total. The molecule has 8 nitrogen and oxygen atoms in total. The highest BCUT2D eigenvalue weighted by molar-refractivity contribution is 5.75. The average molecular weight is 459 g/mol. The molecule has 0 aliphatic heterocycles. The Morgan fingerprint density at radius 2 is 1.00 bits per heavy atom. The van der Waals surface area contributed by atoms with Gasteiger partial charge in [0, 0.05) is 12.1 Å². The van der Waals surface area contributed by atoms with E-state index in [4.69, 9.17) is 0 Å². The number of nitrogens with one attached hydrogen (secondary N) is 2. The maximum absolute atomic E-state index is 4.67. The molecule has 2 aromatic carbocycles. The van der Waals surface area contributed by atoms with Crippen molar-refractivity contribution in [1.29, 1.82) is 0 Å². The number of aromatic nitrogens is 6. The molecule has 0 bridgehead atoms. The Bertz CT molecular complexity index is 1120. The van der Waals surface area contributed by atoms with Crippen LogP contribution in [0, 0.1) is 0 Å². The van der Waals surface area contributed by atoms with Crippen molar-refractivity contribution < 1.29 is 0 Å². The van der Waals surface area contributed by atoms with Crippen molar-refractivity contribution in [2.24, 2.45) is 0 Å². The van der Waals surface area contributed by atoms with Crippen LogP contribution in [0.1, 0.15) is 76.5 Å². The largest absolute Gasteiger partial charge is 0.290 e. The summed E-state index contributed by atoms with van der Waals surface area (Å²) in [5.41, 5.74) is 3.90. The highest BCUT2D eigenvalue weighted by Crippen LogP contribution is 2.30. The van der Waals surface area contributed by atoms with Crippen LogP contribution in [0.25, 0.3) is 22.1 Å². The predicted octanol–water partition coefficient (Wildman–Crippen LogP) is 4.72. The zero-order valence-corrected chi connectivity index (χ0v) is 19.7. The quantitative estimate of drug-likeness (QED) is 0.417. The Morgan fingerprint density at radius 3 is 1.44 bits per heavy atom. The lowest BCUT2D eigenvalue weighted by Gasteiger charge is -2.37. The van der Waals surface area contributed by atoms with Crippen molar-refractivity contribution in [1.82, 2.24) is 40.6 Å². The molecule has 0 amide bonds. The van der Waals surface area contributed by atoms with Crippen LogP contribution in [0.5, 0.6) is 0 Å². The average Bonchev–Trinajstić information content (AvgIpc) is 3.52. The van der Waals surface area contributed by atoms with Gasteiger partial charge in [0.05, 0.1) is 11.0 Å². The van der Waals surface area contributed by atoms with Gasteiger partial charge in [-0.3, -0.25) is 10.6 Å². The minimum Gasteiger partial charge on any atom is -0.290 e. The van der Waals surface area contributed by atoms with Crippen molar-refractivity contribution >= 4 is 22.1 Å². The number of rotatable bonds is 7. The highest BCUT2D eigenvalue weighted by atomic mass is 15.5. The van der Waals surface area contributed by atoms with E-state index in [1.807, 2.05) is 24.3 Å². The monoisotopic (exact) mass is 458 g/mol. The number of benzene rings is 2. The summed E-state index contributed by atoms with van der Waals surface area (Å²) in [5, 5.41) is 26.4. The van der Waals surface area contributed by atoms with E-state index in [0.29, 0.717) is 12.1 Å². The Labute approximate surface area is 200 Å². The molecule has 2 aliphatic carbocycles. The molecule has 6 rings (SSSR count). The molecular weight excluding hydrogens is 424 g/mol. The molecule has 2 saturated carbocycles. The number of hydrogen-bond acceptors (Lipinski definition) is 6. The molecule has 0 radical (unpaired) electrons. The molecule has 0 spiro atoms. The minimum atomic E-state index is -0.137. The zero-order valence-electron chi connectivity index (χ0n) is 19.7. The maximum Gasteiger partial charge on any atom is 0.140 e. The SMILES string of the molecule is c1ccc2c(c1)nnn2[C@@H](NC1CCCCC1)[C@H](NC1CCCCC1)n1nnc2ccccc21. The van der Waals surface area contributed by atoms with Crippen LogP contribution < -0.4 is 10.6 Å². The molecule has 2 aliphatic rings. The second-order valence-electron chi connectivity index (χ2n) is 9.94. The topological polar surface area (TPSA) is 85.5 Å². The molecule has 2 atom stereocenters. The maximum atomic E-state index is 4.67. The van der Waals surface area contributed by atoms with Gasteiger partial charge in [-0.1, -0.05) is 73.2 Å². The lowest BCUT2D eigenvalue weighted by molar-refractivity contribution is 0.151. The summed E-state index contributed by atoms with van der Waals surface area (Å²) in [6, 6.07) is 17.4. The molecule has 0 unspecified atom stereocenters. The molecule has 2 fully saturated rings. The molecular formula is C26H34N8. The van der Waals surface area contributed by atoms with Crippen molar-refractivity contribution in [3.05, 3.63) is 48.5 Å². The van der Waals surface area contributed by atoms with Crippen LogP contribution in [0.15, 0.2) is 48.5 Å². The zero-order chi connectivity index (χ0) is 22.7. The minimum absolute atomic E-state index is 0.137. The van der Waals surface area contributed by atoms with E-state index in [9.17, 15) is 0 Å². The third kappa shape index (κ3) is 4.32. The van der Waals surface area contributed by atoms with E-state index in [1.165, 1.54) is 64.2 Å². The summed E-state index contributed by atoms with van der Waals surface area (Å²) in [5.74, 6) is 0. The third-order valence-corrected chi connectivity index (χ3v) is 7.60. The highest BCUT2D eigenvalue weighted by Gasteiger charge is 2.33. The Kier molecular flexibility index (Phi) is 6.25. The summed E-state index contributed by atoms with van der Waals surface area (Å²) in [6.07, 6.45) is 12.2. The van der Waals surface area contributed by atoms with Gasteiger partial charge in [0.25, 0.3) is 0 Å². The predicted molar refractivity (Wildman–Crippen MR) is 133 cm³/mol. The second kappa shape index (κ2) is 9.80. The van der Waals surface area contributed by atoms with E-state index in [2.05, 4.69) is 64.9 Å². The van der Waals surface area contributed by atoms with Crippen molar-refractivity contribution in [2.75, 3.05) is 0 Å². The summed E-state index contributed by atoms with van der Waals surface area (Å²) in [6.45, 7) is 0. The molecule has 4 aromatic rings. The molecule has 0 saturated heterocycles. The van der Waals surface area contributed by atoms with Crippen LogP contribution in [0.2, 0.25) is 0 Å². The Morgan fingerprint density at radius 1 is 0.588 bits per heavy atom. The van der Waals surface area contributed by atoms with Gasteiger partial charge in [-0.25, -0.2) is 9.36 Å². The van der Waals surface area contributed by atoms with Crippen LogP contribution in [-0.2, 0) is 0 Å². The first-order valence-electron chi connectivity index (χ1n) is 13.0. The van der Waals surface area contributed by atoms with Gasteiger partial charge in [-0.05, 0) is 49.9 Å². The number of para-hydroxylation sites is 2. The van der Waals surface area contributed by atoms with E-state index < -0.39 is 0 Å². The van der Waals surface area contributed by atoms with Gasteiger partial charge in [-0.15, -0.1) is 10.2 Å². The molecule has 34 heavy (non-hydrogen) atoms. The van der Waals surface area contributed by atoms with E-state index in [0.717, 1.165) is 22.1 Å². The fourth-order valence-electron chi connectivity index (χ4n) is 5.80. The van der Waals surface area contributed by atoms with Gasteiger partial charge >= 0.3 is 0 Å². The first kappa shape index (κ1) is 21.7. The lowest BCUT2D eigenvalue weighted by atomic mass is 9.94. The number of fused-ring (bicyclic) bond motifs is 2. The van der Waals surface area contributed by atoms with Crippen molar-refractivity contribution in [2.45, 2.75) is 88.6 Å². The van der Waals surface area contributed by atoms with Crippen LogP contribution in [-0.4, -0.2) is 42.1 Å². The van der Waals surface area contributed by atoms with Gasteiger partial charge < -0.3 is 0 Å². The number of nitrogens with zero attached hydrogens (tertiary/aromatic N) is 6. The lowest BCUT2D eigenvalue weighted by Crippen LogP contribution is -2.49. The second-order valence-corrected chi connectivity index (χ2v) is 9.94. The summed E-state index contributed by atoms with van der Waals surface area (Å²) >= 11 is 0. The van der Waals surface area contributed by atoms with Crippen LogP contribution >= 0.6 is 0 Å². The van der Waals surface area contributed by atoms with E-state index in [-0.39, 0.29) is 12.3 Å². The van der Waals surface area contributed by atoms with Gasteiger partial charge in [0.2, 0.25) is 0 Å². The summed E-state index contributed by atoms with van der Waals surface area (Å²) in [4.78, 5) is 0. The fraction of sp³-hybridized carbons (Fsp3) is 0.538. The summed E-state index contributed by atoms with van der Waals surface area (Å²) in [7, 11) is 0. The van der Waals surface area contributed by atoms with Gasteiger partial charge in [0.15, 0.2) is 0 Å². The standard InChI is InChI=1S/C26H34N8/c1-3-11-19(12-4-1)27-25(33-23-17-9-7-15-21(23)29-31-33)26(28-20-13-5-2-6-14-20)34-24-18-10-8-16-22(24)30-32-34/h7-10,15-20,25-28H,1-6,11-14H2/t25-,26-/m1/s1. The van der Waals surface area contributed by atoms with Crippen LogP contribution in [0.4, 0.5) is 0 Å². The first-order valence-corrected chi connectivity index (χ1v) is 13.0. The van der Waals surface area contributed by atoms with Gasteiger partial charge in [-0.2, -0.15) is 0 Å². The summed E-state index contributed by atoms with van der Waals surface area (Å²) < 4.78 is 4.14. The molecule has 2 aromatic heterocycles. The molecule has 2 heterocycles. The molecule has 178 valence electrons. The normalized spacial score (nSPS) is 20.1. The van der Waals surface area contributed by atoms with E-state index in [1.54, 1.807) is 0 Å². The Hall–Kier alpha value is -2.84. The fourth-order valence-corrected chi connectivity index (χ4v) is 5.80. The van der Waals surface area contributed by atoms with E-state index >= 15 is 0 Å². The third-order valence-electron chi connectivity index (χ3n) is 7.60. The van der Waals surface area contributed by atoms with Crippen LogP contribution in [0.3, 0.4) is 0 Å². The Balaban J connectivity index is 1.45. The number of hydrogen-bond donors (Lipinski definition) is 2. The smallest absolute Gasteiger partial charge is 0.140 e. The van der Waals surface area contributed by atoms with Crippen molar-refractivity contribution in [3.8, 4) is 0 Å².